The van der Waals surface area contributed by atoms with Gasteiger partial charge in [-0.2, -0.15) is 0 Å². The molecule has 0 aromatic rings. The Morgan fingerprint density at radius 2 is 1.61 bits per heavy atom. The standard InChI is InChI=1S/C27H48O/c1-18(11-14-25(2,3)4)23-9-10-24-22-8-7-19-17-26(5,28)15-12-20(19)21(22)13-16-27(23,24)6/h18-24,28H,7-17H2,1-6H3/t18-,19-,20+,21-,22-,23-,24+,26+,27-/m1/s1. The first kappa shape index (κ1) is 21.2. The Morgan fingerprint density at radius 1 is 0.893 bits per heavy atom. The molecule has 4 aliphatic rings. The van der Waals surface area contributed by atoms with Gasteiger partial charge in [-0.25, -0.2) is 0 Å². The van der Waals surface area contributed by atoms with Crippen LogP contribution in [0.5, 0.6) is 0 Å². The molecule has 4 aliphatic carbocycles. The van der Waals surface area contributed by atoms with Crippen molar-refractivity contribution < 1.29 is 5.11 Å². The lowest BCUT2D eigenvalue weighted by atomic mass is 9.48. The molecule has 0 saturated heterocycles. The zero-order chi connectivity index (χ0) is 20.3. The molecule has 0 radical (unpaired) electrons. The van der Waals surface area contributed by atoms with Gasteiger partial charge < -0.3 is 5.11 Å². The highest BCUT2D eigenvalue weighted by atomic mass is 16.3. The maximum Gasteiger partial charge on any atom is 0.0622 e. The SMILES string of the molecule is C[C@H](CCC(C)(C)C)[C@H]1CC[C@H]2[C@@H]3CC[C@@H]4C[C@@](C)(O)CC[C@@H]4[C@H]3CC[C@]12C. The van der Waals surface area contributed by atoms with Gasteiger partial charge in [0, 0.05) is 0 Å². The normalized spacial score (nSPS) is 49.8. The third kappa shape index (κ3) is 3.83. The first-order valence-electron chi connectivity index (χ1n) is 12.7. The summed E-state index contributed by atoms with van der Waals surface area (Å²) in [5, 5.41) is 10.6. The predicted molar refractivity (Wildman–Crippen MR) is 119 cm³/mol. The molecule has 0 aromatic carbocycles. The molecule has 0 bridgehead atoms. The van der Waals surface area contributed by atoms with Crippen LogP contribution in [0.4, 0.5) is 0 Å². The summed E-state index contributed by atoms with van der Waals surface area (Å²) in [6, 6.07) is 0. The van der Waals surface area contributed by atoms with Gasteiger partial charge in [0.25, 0.3) is 0 Å². The maximum absolute atomic E-state index is 10.6. The van der Waals surface area contributed by atoms with Gasteiger partial charge in [-0.3, -0.25) is 0 Å². The molecule has 0 aromatic heterocycles. The summed E-state index contributed by atoms with van der Waals surface area (Å²) in [6.45, 7) is 14.6. The van der Waals surface area contributed by atoms with Crippen molar-refractivity contribution in [3.8, 4) is 0 Å². The molecule has 0 heterocycles. The summed E-state index contributed by atoms with van der Waals surface area (Å²) in [5.74, 6) is 6.59. The molecule has 4 rings (SSSR count). The summed E-state index contributed by atoms with van der Waals surface area (Å²) in [7, 11) is 0. The Hall–Kier alpha value is -0.0400. The van der Waals surface area contributed by atoms with Crippen LogP contribution < -0.4 is 0 Å². The average Bonchev–Trinajstić information content (AvgIpc) is 2.95. The number of rotatable bonds is 3. The Bertz CT molecular complexity index is 557. The van der Waals surface area contributed by atoms with Crippen molar-refractivity contribution in [1.82, 2.24) is 0 Å². The van der Waals surface area contributed by atoms with E-state index in [-0.39, 0.29) is 5.60 Å². The van der Waals surface area contributed by atoms with E-state index in [9.17, 15) is 5.11 Å². The van der Waals surface area contributed by atoms with Gasteiger partial charge >= 0.3 is 0 Å². The van der Waals surface area contributed by atoms with Crippen molar-refractivity contribution in [2.75, 3.05) is 0 Å². The highest BCUT2D eigenvalue weighted by Crippen LogP contribution is 2.66. The van der Waals surface area contributed by atoms with Gasteiger partial charge in [-0.1, -0.05) is 34.6 Å². The van der Waals surface area contributed by atoms with Crippen LogP contribution in [0.15, 0.2) is 0 Å². The van der Waals surface area contributed by atoms with Crippen LogP contribution in [0.25, 0.3) is 0 Å². The Balaban J connectivity index is 1.45. The fraction of sp³-hybridized carbons (Fsp3) is 1.00. The Morgan fingerprint density at radius 3 is 2.32 bits per heavy atom. The van der Waals surface area contributed by atoms with E-state index < -0.39 is 0 Å². The molecular formula is C27H48O. The van der Waals surface area contributed by atoms with Crippen molar-refractivity contribution in [2.45, 2.75) is 118 Å². The third-order valence-corrected chi connectivity index (χ3v) is 10.3. The molecule has 0 aliphatic heterocycles. The summed E-state index contributed by atoms with van der Waals surface area (Å²) in [4.78, 5) is 0. The predicted octanol–water partition coefficient (Wildman–Crippen LogP) is 7.47. The summed E-state index contributed by atoms with van der Waals surface area (Å²) in [6.07, 6.45) is 15.1. The van der Waals surface area contributed by atoms with Crippen molar-refractivity contribution in [3.63, 3.8) is 0 Å². The highest BCUT2D eigenvalue weighted by molar-refractivity contribution is 5.07. The molecule has 4 saturated carbocycles. The lowest BCUT2D eigenvalue weighted by Crippen LogP contribution is -2.50. The van der Waals surface area contributed by atoms with Crippen molar-refractivity contribution >= 4 is 0 Å². The number of aliphatic hydroxyl groups is 1. The monoisotopic (exact) mass is 388 g/mol. The largest absolute Gasteiger partial charge is 0.390 e. The lowest BCUT2D eigenvalue weighted by Gasteiger charge is -2.57. The lowest BCUT2D eigenvalue weighted by molar-refractivity contribution is -0.103. The minimum atomic E-state index is -0.377. The van der Waals surface area contributed by atoms with Gasteiger partial charge in [-0.05, 0) is 130 Å². The van der Waals surface area contributed by atoms with E-state index in [0.717, 1.165) is 54.3 Å². The number of fused-ring (bicyclic) bond motifs is 5. The van der Waals surface area contributed by atoms with E-state index in [1.54, 1.807) is 0 Å². The first-order chi connectivity index (χ1) is 13.0. The summed E-state index contributed by atoms with van der Waals surface area (Å²) in [5.41, 5.74) is 0.717. The molecule has 0 spiro atoms. The third-order valence-electron chi connectivity index (χ3n) is 10.3. The molecule has 1 heteroatoms. The fourth-order valence-corrected chi connectivity index (χ4v) is 8.92. The van der Waals surface area contributed by atoms with Crippen LogP contribution in [-0.4, -0.2) is 10.7 Å². The smallest absolute Gasteiger partial charge is 0.0622 e. The van der Waals surface area contributed by atoms with Crippen molar-refractivity contribution in [2.24, 2.45) is 52.3 Å². The average molecular weight is 389 g/mol. The molecule has 28 heavy (non-hydrogen) atoms. The van der Waals surface area contributed by atoms with Gasteiger partial charge in [0.05, 0.1) is 5.60 Å². The summed E-state index contributed by atoms with van der Waals surface area (Å²) >= 11 is 0. The first-order valence-corrected chi connectivity index (χ1v) is 12.7. The van der Waals surface area contributed by atoms with Crippen molar-refractivity contribution in [1.29, 1.82) is 0 Å². The quantitative estimate of drug-likeness (QED) is 0.531. The maximum atomic E-state index is 10.6. The fourth-order valence-electron chi connectivity index (χ4n) is 8.92. The minimum Gasteiger partial charge on any atom is -0.390 e. The molecule has 0 amide bonds. The van der Waals surface area contributed by atoms with Crippen LogP contribution in [0.2, 0.25) is 0 Å². The zero-order valence-electron chi connectivity index (χ0n) is 19.8. The second kappa shape index (κ2) is 7.28. The molecule has 0 unspecified atom stereocenters. The van der Waals surface area contributed by atoms with E-state index in [1.165, 1.54) is 57.8 Å². The van der Waals surface area contributed by atoms with Gasteiger partial charge in [0.15, 0.2) is 0 Å². The second-order valence-electron chi connectivity index (χ2n) is 13.5. The Labute approximate surface area is 175 Å². The summed E-state index contributed by atoms with van der Waals surface area (Å²) < 4.78 is 0. The number of hydrogen-bond donors (Lipinski definition) is 1. The van der Waals surface area contributed by atoms with E-state index in [4.69, 9.17) is 0 Å². The van der Waals surface area contributed by atoms with Gasteiger partial charge in [0.1, 0.15) is 0 Å². The van der Waals surface area contributed by atoms with Crippen LogP contribution in [0, 0.1) is 52.3 Å². The van der Waals surface area contributed by atoms with Gasteiger partial charge in [-0.15, -0.1) is 0 Å². The van der Waals surface area contributed by atoms with Gasteiger partial charge in [0.2, 0.25) is 0 Å². The Kier molecular flexibility index (Phi) is 5.51. The molecule has 1 N–H and O–H groups in total. The van der Waals surface area contributed by atoms with Crippen LogP contribution in [0.3, 0.4) is 0 Å². The number of hydrogen-bond acceptors (Lipinski definition) is 1. The van der Waals surface area contributed by atoms with Crippen molar-refractivity contribution in [3.05, 3.63) is 0 Å². The highest BCUT2D eigenvalue weighted by Gasteiger charge is 2.58. The zero-order valence-corrected chi connectivity index (χ0v) is 19.8. The van der Waals surface area contributed by atoms with E-state index in [0.29, 0.717) is 10.8 Å². The van der Waals surface area contributed by atoms with Crippen LogP contribution >= 0.6 is 0 Å². The molecule has 9 atom stereocenters. The topological polar surface area (TPSA) is 20.2 Å². The molecule has 4 fully saturated rings. The van der Waals surface area contributed by atoms with E-state index >= 15 is 0 Å². The van der Waals surface area contributed by atoms with E-state index in [1.807, 2.05) is 0 Å². The molecular weight excluding hydrogens is 340 g/mol. The van der Waals surface area contributed by atoms with Crippen LogP contribution in [0.1, 0.15) is 112 Å². The molecule has 162 valence electrons. The van der Waals surface area contributed by atoms with Crippen LogP contribution in [-0.2, 0) is 0 Å². The minimum absolute atomic E-state index is 0.377. The second-order valence-corrected chi connectivity index (χ2v) is 13.5. The van der Waals surface area contributed by atoms with E-state index in [2.05, 4.69) is 41.5 Å². The molecule has 1 nitrogen and oxygen atoms in total.